The molecule has 1 aliphatic rings. The van der Waals surface area contributed by atoms with Crippen molar-refractivity contribution in [3.8, 4) is 0 Å². The Morgan fingerprint density at radius 1 is 1.13 bits per heavy atom. The van der Waals surface area contributed by atoms with Gasteiger partial charge in [-0.25, -0.2) is 9.59 Å². The van der Waals surface area contributed by atoms with E-state index in [9.17, 15) is 14.4 Å². The maximum absolute atomic E-state index is 11.8. The van der Waals surface area contributed by atoms with Gasteiger partial charge in [0.15, 0.2) is 5.78 Å². The van der Waals surface area contributed by atoms with Crippen LogP contribution in [-0.2, 0) is 25.5 Å². The zero-order chi connectivity index (χ0) is 22.6. The van der Waals surface area contributed by atoms with Crippen LogP contribution in [0, 0.1) is 0 Å². The van der Waals surface area contributed by atoms with Crippen molar-refractivity contribution >= 4 is 29.9 Å². The third-order valence-electron chi connectivity index (χ3n) is 4.41. The topological polar surface area (TPSA) is 128 Å². The second-order valence-corrected chi connectivity index (χ2v) is 7.33. The van der Waals surface area contributed by atoms with Crippen LogP contribution in [0.25, 0.3) is 0 Å². The molecular formula is C21H24N2O7S. The maximum Gasteiger partial charge on any atom is 0.410 e. The Morgan fingerprint density at radius 2 is 1.81 bits per heavy atom. The Kier molecular flexibility index (Phi) is 9.98. The molecule has 0 aromatic heterocycles. The number of carboxylic acid groups (broad SMARTS) is 1. The standard InChI is InChI=1S/C13H15NO4.C8H9NO3S/c15-12(16)11-7-4-8-14(11)13(17)18-9-10-5-2-1-3-6-10;1-6(10)7-2-4-8(5-3-7)13-12-11-9/h1-3,5-6,11H,4,7-9H2,(H,15,16);2-5H,9H2,1H3/t11-;/m0./s1. The molecule has 2 aromatic rings. The van der Waals surface area contributed by atoms with Crippen molar-refractivity contribution in [3.05, 3.63) is 65.7 Å². The number of aliphatic carboxylic acids is 1. The van der Waals surface area contributed by atoms with Crippen LogP contribution >= 0.6 is 12.0 Å². The van der Waals surface area contributed by atoms with E-state index in [1.165, 1.54) is 11.8 Å². The summed E-state index contributed by atoms with van der Waals surface area (Å²) in [6.45, 7) is 2.13. The van der Waals surface area contributed by atoms with Gasteiger partial charge < -0.3 is 9.84 Å². The molecule has 0 spiro atoms. The molecule has 0 bridgehead atoms. The normalized spacial score (nSPS) is 15.0. The largest absolute Gasteiger partial charge is 0.480 e. The number of likely N-dealkylation sites (tertiary alicyclic amines) is 1. The van der Waals surface area contributed by atoms with Gasteiger partial charge in [0.2, 0.25) is 0 Å². The van der Waals surface area contributed by atoms with E-state index in [1.54, 1.807) is 24.3 Å². The molecule has 0 saturated carbocycles. The first kappa shape index (κ1) is 24.4. The number of ether oxygens (including phenoxy) is 1. The van der Waals surface area contributed by atoms with E-state index in [1.807, 2.05) is 30.3 Å². The average Bonchev–Trinajstić information content (AvgIpc) is 3.28. The van der Waals surface area contributed by atoms with Crippen molar-refractivity contribution in [2.45, 2.75) is 37.3 Å². The molecule has 166 valence electrons. The lowest BCUT2D eigenvalue weighted by atomic mass is 10.2. The monoisotopic (exact) mass is 448 g/mol. The molecule has 0 unspecified atom stereocenters. The highest BCUT2D eigenvalue weighted by molar-refractivity contribution is 7.94. The van der Waals surface area contributed by atoms with Crippen molar-refractivity contribution < 1.29 is 33.5 Å². The third-order valence-corrected chi connectivity index (χ3v) is 5.02. The number of nitrogens with two attached hydrogens (primary N) is 1. The molecule has 3 N–H and O–H groups in total. The number of nitrogens with zero attached hydrogens (tertiary/aromatic N) is 1. The van der Waals surface area contributed by atoms with Crippen LogP contribution < -0.4 is 5.90 Å². The number of amides is 1. The second-order valence-electron chi connectivity index (χ2n) is 6.56. The van der Waals surface area contributed by atoms with Gasteiger partial charge >= 0.3 is 12.1 Å². The Balaban J connectivity index is 0.000000233. The van der Waals surface area contributed by atoms with E-state index in [0.29, 0.717) is 24.9 Å². The highest BCUT2D eigenvalue weighted by Crippen LogP contribution is 2.20. The zero-order valence-electron chi connectivity index (χ0n) is 16.9. The number of hydrogen-bond acceptors (Lipinski definition) is 8. The predicted octanol–water partition coefficient (Wildman–Crippen LogP) is 3.59. The van der Waals surface area contributed by atoms with Crippen LogP contribution in [0.1, 0.15) is 35.7 Å². The van der Waals surface area contributed by atoms with Crippen molar-refractivity contribution in [3.63, 3.8) is 0 Å². The van der Waals surface area contributed by atoms with Crippen molar-refractivity contribution in [1.82, 2.24) is 4.90 Å². The molecule has 10 heteroatoms. The quantitative estimate of drug-likeness (QED) is 0.282. The molecule has 0 aliphatic carbocycles. The summed E-state index contributed by atoms with van der Waals surface area (Å²) in [6, 6.07) is 15.5. The molecule has 1 fully saturated rings. The van der Waals surface area contributed by atoms with Crippen LogP contribution in [-0.4, -0.2) is 40.4 Å². The number of carbonyl (C=O) groups is 3. The first-order valence-electron chi connectivity index (χ1n) is 9.43. The summed E-state index contributed by atoms with van der Waals surface area (Å²) >= 11 is 0.982. The molecular weight excluding hydrogens is 424 g/mol. The molecule has 31 heavy (non-hydrogen) atoms. The minimum atomic E-state index is -0.968. The number of carboxylic acids is 1. The molecule has 1 atom stereocenters. The summed E-state index contributed by atoms with van der Waals surface area (Å²) in [5, 5.41) is 8.97. The smallest absolute Gasteiger partial charge is 0.410 e. The van der Waals surface area contributed by atoms with Gasteiger partial charge in [0, 0.05) is 17.0 Å². The number of Topliss-reactive ketones (excluding diaryl/α,β-unsaturated/α-hetero) is 1. The third kappa shape index (κ3) is 8.02. The van der Waals surface area contributed by atoms with Crippen molar-refractivity contribution in [1.29, 1.82) is 0 Å². The van der Waals surface area contributed by atoms with E-state index in [0.717, 1.165) is 22.5 Å². The number of rotatable bonds is 7. The zero-order valence-corrected chi connectivity index (χ0v) is 17.7. The molecule has 1 heterocycles. The van der Waals surface area contributed by atoms with E-state index >= 15 is 0 Å². The molecule has 3 rings (SSSR count). The maximum atomic E-state index is 11.8. The van der Waals surface area contributed by atoms with Crippen LogP contribution in [0.5, 0.6) is 0 Å². The summed E-state index contributed by atoms with van der Waals surface area (Å²) in [4.78, 5) is 39.6. The van der Waals surface area contributed by atoms with Gasteiger partial charge in [-0.2, -0.15) is 5.90 Å². The van der Waals surface area contributed by atoms with Gasteiger partial charge in [0.1, 0.15) is 12.6 Å². The number of benzene rings is 2. The first-order chi connectivity index (χ1) is 14.9. The van der Waals surface area contributed by atoms with E-state index in [-0.39, 0.29) is 12.4 Å². The van der Waals surface area contributed by atoms with Crippen LogP contribution in [0.15, 0.2) is 59.5 Å². The Morgan fingerprint density at radius 3 is 2.39 bits per heavy atom. The Labute approximate surface area is 184 Å². The Hall–Kier alpha value is -2.92. The fourth-order valence-electron chi connectivity index (χ4n) is 2.85. The van der Waals surface area contributed by atoms with Crippen molar-refractivity contribution in [2.75, 3.05) is 6.54 Å². The van der Waals surface area contributed by atoms with Gasteiger partial charge in [-0.05, 0) is 37.5 Å². The predicted molar refractivity (Wildman–Crippen MR) is 113 cm³/mol. The summed E-state index contributed by atoms with van der Waals surface area (Å²) in [7, 11) is 0. The first-order valence-corrected chi connectivity index (χ1v) is 10.2. The van der Waals surface area contributed by atoms with E-state index < -0.39 is 18.1 Å². The lowest BCUT2D eigenvalue weighted by molar-refractivity contribution is -0.195. The van der Waals surface area contributed by atoms with Gasteiger partial charge in [0.25, 0.3) is 0 Å². The summed E-state index contributed by atoms with van der Waals surface area (Å²) in [5.74, 6) is 3.72. The van der Waals surface area contributed by atoms with Gasteiger partial charge in [-0.15, -0.1) is 9.32 Å². The van der Waals surface area contributed by atoms with E-state index in [2.05, 4.69) is 15.2 Å². The van der Waals surface area contributed by atoms with Crippen LogP contribution in [0.3, 0.4) is 0 Å². The number of carbonyl (C=O) groups excluding carboxylic acids is 2. The SMILES string of the molecule is CC(=O)c1ccc(SOON)cc1.O=C(O)[C@@H]1CCCN1C(=O)OCc1ccccc1. The van der Waals surface area contributed by atoms with Crippen LogP contribution in [0.2, 0.25) is 0 Å². The van der Waals surface area contributed by atoms with Gasteiger partial charge in [-0.3, -0.25) is 9.69 Å². The Bertz CT molecular complexity index is 862. The fraction of sp³-hybridized carbons (Fsp3) is 0.286. The average molecular weight is 448 g/mol. The van der Waals surface area contributed by atoms with E-state index in [4.69, 9.17) is 9.84 Å². The fourth-order valence-corrected chi connectivity index (χ4v) is 3.21. The molecule has 1 saturated heterocycles. The highest BCUT2D eigenvalue weighted by atomic mass is 32.2. The second kappa shape index (κ2) is 12.7. The van der Waals surface area contributed by atoms with Crippen molar-refractivity contribution in [2.24, 2.45) is 5.90 Å². The summed E-state index contributed by atoms with van der Waals surface area (Å²) < 4.78 is 9.55. The van der Waals surface area contributed by atoms with Gasteiger partial charge in [-0.1, -0.05) is 42.5 Å². The molecule has 9 nitrogen and oxygen atoms in total. The molecule has 1 amide bonds. The lowest BCUT2D eigenvalue weighted by Crippen LogP contribution is -2.40. The number of hydrogen-bond donors (Lipinski definition) is 2. The van der Waals surface area contributed by atoms with Gasteiger partial charge in [0.05, 0.1) is 12.0 Å². The lowest BCUT2D eigenvalue weighted by Gasteiger charge is -2.20. The summed E-state index contributed by atoms with van der Waals surface area (Å²) in [5.41, 5.74) is 1.55. The minimum absolute atomic E-state index is 0.0348. The number of ketones is 1. The minimum Gasteiger partial charge on any atom is -0.480 e. The molecule has 0 radical (unpaired) electrons. The summed E-state index contributed by atoms with van der Waals surface area (Å²) in [6.07, 6.45) is 0.649. The molecule has 1 aliphatic heterocycles. The molecule has 2 aromatic carbocycles. The van der Waals surface area contributed by atoms with Crippen LogP contribution in [0.4, 0.5) is 4.79 Å². The highest BCUT2D eigenvalue weighted by Gasteiger charge is 2.34.